The van der Waals surface area contributed by atoms with Gasteiger partial charge in [-0.05, 0) is 24.3 Å². The zero-order chi connectivity index (χ0) is 17.9. The van der Waals surface area contributed by atoms with E-state index >= 15 is 0 Å². The molecule has 0 bridgehead atoms. The molecule has 0 spiro atoms. The number of methoxy groups -OCH3 is 1. The Morgan fingerprint density at radius 2 is 1.88 bits per heavy atom. The molecule has 0 saturated carbocycles. The van der Waals surface area contributed by atoms with Crippen LogP contribution in [0.25, 0.3) is 0 Å². The fraction of sp³-hybridized carbons (Fsp3) is 0.0667. The lowest BCUT2D eigenvalue weighted by atomic mass is 10.1. The maximum atomic E-state index is 12.3. The number of nitro groups is 1. The lowest BCUT2D eigenvalue weighted by molar-refractivity contribution is -0.384. The van der Waals surface area contributed by atoms with Gasteiger partial charge in [0.2, 0.25) is 0 Å². The molecule has 7 nitrogen and oxygen atoms in total. The summed E-state index contributed by atoms with van der Waals surface area (Å²) in [5.41, 5.74) is -0.233. The number of nitrogens with zero attached hydrogens (tertiary/aromatic N) is 1. The van der Waals surface area contributed by atoms with Crippen molar-refractivity contribution in [2.45, 2.75) is 0 Å². The number of non-ortho nitro benzene ring substituents is 1. The van der Waals surface area contributed by atoms with E-state index < -0.39 is 22.5 Å². The minimum atomic E-state index is -0.783. The predicted molar refractivity (Wildman–Crippen MR) is 91.5 cm³/mol. The molecule has 0 unspecified atom stereocenters. The van der Waals surface area contributed by atoms with Crippen LogP contribution in [-0.4, -0.2) is 23.9 Å². The second-order valence-corrected chi connectivity index (χ2v) is 5.92. The van der Waals surface area contributed by atoms with Crippen molar-refractivity contribution in [3.63, 3.8) is 0 Å². The highest BCUT2D eigenvalue weighted by atomic mass is 79.9. The molecule has 2 rings (SSSR count). The van der Waals surface area contributed by atoms with Crippen LogP contribution >= 0.6 is 27.5 Å². The van der Waals surface area contributed by atoms with Gasteiger partial charge in [-0.25, -0.2) is 4.79 Å². The standard InChI is InChI=1S/C15H10BrClN2O5/c1-24-15(21)9-4-8(5-11(6-9)19(22)23)14(20)18-13-3-2-10(16)7-12(13)17/h2-7H,1H3,(H,18,20). The summed E-state index contributed by atoms with van der Waals surface area (Å²) in [6.07, 6.45) is 0. The number of nitro benzene ring substituents is 1. The largest absolute Gasteiger partial charge is 0.465 e. The van der Waals surface area contributed by atoms with E-state index in [1.165, 1.54) is 6.07 Å². The molecule has 0 radical (unpaired) electrons. The fourth-order valence-electron chi connectivity index (χ4n) is 1.87. The van der Waals surface area contributed by atoms with Crippen molar-refractivity contribution >= 4 is 50.8 Å². The van der Waals surface area contributed by atoms with Crippen molar-refractivity contribution in [2.24, 2.45) is 0 Å². The predicted octanol–water partition coefficient (Wildman–Crippen LogP) is 4.05. The highest BCUT2D eigenvalue weighted by Gasteiger charge is 2.19. The summed E-state index contributed by atoms with van der Waals surface area (Å²) in [6.45, 7) is 0. The lowest BCUT2D eigenvalue weighted by Crippen LogP contribution is -2.14. The Balaban J connectivity index is 2.39. The van der Waals surface area contributed by atoms with E-state index in [1.807, 2.05) is 0 Å². The van der Waals surface area contributed by atoms with Crippen molar-refractivity contribution in [3.8, 4) is 0 Å². The second-order valence-electron chi connectivity index (χ2n) is 4.60. The lowest BCUT2D eigenvalue weighted by Gasteiger charge is -2.08. The molecule has 2 aromatic carbocycles. The first-order valence-corrected chi connectivity index (χ1v) is 7.63. The molecule has 1 N–H and O–H groups in total. The van der Waals surface area contributed by atoms with Gasteiger partial charge < -0.3 is 10.1 Å². The Hall–Kier alpha value is -2.45. The molecule has 0 aliphatic heterocycles. The SMILES string of the molecule is COC(=O)c1cc(C(=O)Nc2ccc(Br)cc2Cl)cc([N+](=O)[O-])c1. The maximum absolute atomic E-state index is 12.3. The number of hydrogen-bond donors (Lipinski definition) is 1. The highest BCUT2D eigenvalue weighted by molar-refractivity contribution is 9.10. The molecule has 0 saturated heterocycles. The van der Waals surface area contributed by atoms with Crippen LogP contribution in [0.5, 0.6) is 0 Å². The number of nitrogens with one attached hydrogen (secondary N) is 1. The van der Waals surface area contributed by atoms with Gasteiger partial charge >= 0.3 is 5.97 Å². The third-order valence-electron chi connectivity index (χ3n) is 2.99. The normalized spacial score (nSPS) is 10.1. The fourth-order valence-corrected chi connectivity index (χ4v) is 2.59. The topological polar surface area (TPSA) is 98.5 Å². The van der Waals surface area contributed by atoms with Crippen molar-refractivity contribution in [1.82, 2.24) is 0 Å². The Labute approximate surface area is 149 Å². The van der Waals surface area contributed by atoms with Crippen LogP contribution in [0.2, 0.25) is 5.02 Å². The molecule has 0 atom stereocenters. The van der Waals surface area contributed by atoms with E-state index in [-0.39, 0.29) is 16.1 Å². The average molecular weight is 414 g/mol. The Kier molecular flexibility index (Phi) is 5.53. The second kappa shape index (κ2) is 7.41. The van der Waals surface area contributed by atoms with Crippen molar-refractivity contribution < 1.29 is 19.2 Å². The van der Waals surface area contributed by atoms with Gasteiger partial charge in [0.05, 0.1) is 28.3 Å². The summed E-state index contributed by atoms with van der Waals surface area (Å²) in [6, 6.07) is 8.15. The monoisotopic (exact) mass is 412 g/mol. The average Bonchev–Trinajstić information content (AvgIpc) is 2.56. The van der Waals surface area contributed by atoms with E-state index in [1.54, 1.807) is 18.2 Å². The third-order valence-corrected chi connectivity index (χ3v) is 3.80. The zero-order valence-corrected chi connectivity index (χ0v) is 14.6. The molecule has 0 aromatic heterocycles. The maximum Gasteiger partial charge on any atom is 0.338 e. The van der Waals surface area contributed by atoms with Crippen molar-refractivity contribution in [2.75, 3.05) is 12.4 Å². The molecule has 124 valence electrons. The number of halogens is 2. The van der Waals surface area contributed by atoms with Gasteiger partial charge in [0, 0.05) is 22.2 Å². The molecule has 24 heavy (non-hydrogen) atoms. The quantitative estimate of drug-likeness (QED) is 0.463. The van der Waals surface area contributed by atoms with Crippen molar-refractivity contribution in [1.29, 1.82) is 0 Å². The van der Waals surface area contributed by atoms with Crippen LogP contribution in [-0.2, 0) is 4.74 Å². The number of ether oxygens (including phenoxy) is 1. The smallest absolute Gasteiger partial charge is 0.338 e. The Morgan fingerprint density at radius 1 is 1.21 bits per heavy atom. The molecule has 1 amide bonds. The van der Waals surface area contributed by atoms with Crippen LogP contribution in [0.4, 0.5) is 11.4 Å². The summed E-state index contributed by atoms with van der Waals surface area (Å²) in [7, 11) is 1.14. The number of amides is 1. The van der Waals surface area contributed by atoms with Gasteiger partial charge in [-0.2, -0.15) is 0 Å². The molecule has 0 fully saturated rings. The molecular formula is C15H10BrClN2O5. The van der Waals surface area contributed by atoms with Crippen molar-refractivity contribution in [3.05, 3.63) is 67.1 Å². The van der Waals surface area contributed by atoms with Gasteiger partial charge in [-0.1, -0.05) is 27.5 Å². The summed E-state index contributed by atoms with van der Waals surface area (Å²) >= 11 is 9.26. The molecule has 0 aliphatic rings. The van der Waals surface area contributed by atoms with Crippen LogP contribution in [0.1, 0.15) is 20.7 Å². The van der Waals surface area contributed by atoms with E-state index in [4.69, 9.17) is 11.6 Å². The number of benzene rings is 2. The molecular weight excluding hydrogens is 404 g/mol. The van der Waals surface area contributed by atoms with Gasteiger partial charge in [0.1, 0.15) is 0 Å². The molecule has 0 aliphatic carbocycles. The summed E-state index contributed by atoms with van der Waals surface area (Å²) in [5, 5.41) is 13.8. The zero-order valence-electron chi connectivity index (χ0n) is 12.2. The van der Waals surface area contributed by atoms with Gasteiger partial charge in [-0.3, -0.25) is 14.9 Å². The first-order valence-electron chi connectivity index (χ1n) is 6.46. The number of rotatable bonds is 4. The number of carbonyl (C=O) groups is 2. The van der Waals surface area contributed by atoms with Crippen LogP contribution in [0.15, 0.2) is 40.9 Å². The van der Waals surface area contributed by atoms with Gasteiger partial charge in [-0.15, -0.1) is 0 Å². The van der Waals surface area contributed by atoms with Crippen LogP contribution < -0.4 is 5.32 Å². The van der Waals surface area contributed by atoms with E-state index in [0.29, 0.717) is 5.69 Å². The van der Waals surface area contributed by atoms with Crippen LogP contribution in [0, 0.1) is 10.1 Å². The molecule has 2 aromatic rings. The number of anilines is 1. The first kappa shape index (κ1) is 17.9. The van der Waals surface area contributed by atoms with Gasteiger partial charge in [0.25, 0.3) is 11.6 Å². The number of hydrogen-bond acceptors (Lipinski definition) is 5. The van der Waals surface area contributed by atoms with E-state index in [2.05, 4.69) is 26.0 Å². The molecule has 9 heteroatoms. The minimum Gasteiger partial charge on any atom is -0.465 e. The first-order chi connectivity index (χ1) is 11.3. The summed E-state index contributed by atoms with van der Waals surface area (Å²) < 4.78 is 5.27. The summed E-state index contributed by atoms with van der Waals surface area (Å²) in [5.74, 6) is -1.43. The minimum absolute atomic E-state index is 0.0661. The molecule has 0 heterocycles. The number of esters is 1. The summed E-state index contributed by atoms with van der Waals surface area (Å²) in [4.78, 5) is 34.2. The Bertz CT molecular complexity index is 841. The highest BCUT2D eigenvalue weighted by Crippen LogP contribution is 2.26. The van der Waals surface area contributed by atoms with E-state index in [9.17, 15) is 19.7 Å². The Morgan fingerprint density at radius 3 is 2.46 bits per heavy atom. The van der Waals surface area contributed by atoms with E-state index in [0.717, 1.165) is 23.7 Å². The van der Waals surface area contributed by atoms with Gasteiger partial charge in [0.15, 0.2) is 0 Å². The third kappa shape index (κ3) is 4.09. The van der Waals surface area contributed by atoms with Crippen LogP contribution in [0.3, 0.4) is 0 Å². The number of carbonyl (C=O) groups excluding carboxylic acids is 2.